The molecule has 0 spiro atoms. The van der Waals surface area contributed by atoms with Crippen LogP contribution in [-0.2, 0) is 19.4 Å². The predicted octanol–water partition coefficient (Wildman–Crippen LogP) is 2.51. The third kappa shape index (κ3) is 4.00. The molecule has 0 heterocycles. The quantitative estimate of drug-likeness (QED) is 0.443. The molecule has 3 N–H and O–H groups in total. The average Bonchev–Trinajstić information content (AvgIpc) is 2.51. The summed E-state index contributed by atoms with van der Waals surface area (Å²) >= 11 is 0. The monoisotopic (exact) mass is 287 g/mol. The van der Waals surface area contributed by atoms with Crippen molar-refractivity contribution in [1.82, 2.24) is 10.6 Å². The first-order valence-corrected chi connectivity index (χ1v) is 7.72. The first-order chi connectivity index (χ1) is 10.3. The summed E-state index contributed by atoms with van der Waals surface area (Å²) in [5, 5.41) is 16.5. The number of aliphatic imine (C=N–C) groups is 1. The molecule has 1 aromatic rings. The maximum Gasteiger partial charge on any atom is 0.191 e. The van der Waals surface area contributed by atoms with Gasteiger partial charge >= 0.3 is 0 Å². The van der Waals surface area contributed by atoms with Gasteiger partial charge in [-0.15, -0.1) is 6.58 Å². The highest BCUT2D eigenvalue weighted by molar-refractivity contribution is 5.79. The fourth-order valence-corrected chi connectivity index (χ4v) is 2.74. The van der Waals surface area contributed by atoms with Crippen LogP contribution in [0.1, 0.15) is 36.5 Å². The van der Waals surface area contributed by atoms with E-state index in [1.807, 2.05) is 6.92 Å². The fraction of sp³-hybridized carbons (Fsp3) is 0.471. The Morgan fingerprint density at radius 1 is 1.33 bits per heavy atom. The van der Waals surface area contributed by atoms with Crippen molar-refractivity contribution in [2.45, 2.75) is 39.2 Å². The van der Waals surface area contributed by atoms with Gasteiger partial charge in [-0.2, -0.15) is 0 Å². The van der Waals surface area contributed by atoms with Crippen LogP contribution in [-0.4, -0.2) is 24.2 Å². The smallest absolute Gasteiger partial charge is 0.191 e. The first-order valence-electron chi connectivity index (χ1n) is 7.72. The molecule has 114 valence electrons. The summed E-state index contributed by atoms with van der Waals surface area (Å²) in [6.45, 7) is 7.71. The normalized spacial score (nSPS) is 14.4. The number of benzene rings is 1. The molecule has 1 aliphatic carbocycles. The number of aromatic hydroxyl groups is 1. The number of hydrogen-bond acceptors (Lipinski definition) is 2. The van der Waals surface area contributed by atoms with Crippen LogP contribution < -0.4 is 10.6 Å². The maximum absolute atomic E-state index is 10.2. The molecular weight excluding hydrogens is 262 g/mol. The van der Waals surface area contributed by atoms with Gasteiger partial charge in [0.2, 0.25) is 0 Å². The minimum Gasteiger partial charge on any atom is -0.508 e. The lowest BCUT2D eigenvalue weighted by molar-refractivity contribution is 0.465. The topological polar surface area (TPSA) is 56.7 Å². The zero-order valence-corrected chi connectivity index (χ0v) is 12.8. The third-order valence-electron chi connectivity index (χ3n) is 3.78. The third-order valence-corrected chi connectivity index (χ3v) is 3.78. The molecule has 0 saturated carbocycles. The van der Waals surface area contributed by atoms with Crippen molar-refractivity contribution >= 4 is 5.96 Å². The van der Waals surface area contributed by atoms with E-state index in [0.29, 0.717) is 18.8 Å². The van der Waals surface area contributed by atoms with Crippen LogP contribution in [0.3, 0.4) is 0 Å². The molecule has 1 aliphatic rings. The summed E-state index contributed by atoms with van der Waals surface area (Å²) < 4.78 is 0. The van der Waals surface area contributed by atoms with Crippen molar-refractivity contribution in [3.8, 4) is 5.75 Å². The van der Waals surface area contributed by atoms with Gasteiger partial charge in [-0.05, 0) is 49.8 Å². The zero-order valence-electron chi connectivity index (χ0n) is 12.8. The average molecular weight is 287 g/mol. The fourth-order valence-electron chi connectivity index (χ4n) is 2.74. The van der Waals surface area contributed by atoms with Gasteiger partial charge < -0.3 is 15.7 Å². The Labute approximate surface area is 127 Å². The van der Waals surface area contributed by atoms with Gasteiger partial charge in [0.15, 0.2) is 5.96 Å². The molecule has 1 aromatic carbocycles. The molecule has 0 radical (unpaired) electrons. The van der Waals surface area contributed by atoms with Gasteiger partial charge in [-0.3, -0.25) is 0 Å². The minimum atomic E-state index is 0.360. The standard InChI is InChI=1S/C17H25N3O/c1-3-11-19-17(18-4-2)20-12-15-14-8-6-5-7-13(14)9-10-16(15)21/h3,9-10,21H,1,4-8,11-12H2,2H3,(H2,18,19,20). The maximum atomic E-state index is 10.2. The second-order valence-electron chi connectivity index (χ2n) is 5.27. The van der Waals surface area contributed by atoms with Crippen molar-refractivity contribution < 1.29 is 5.11 Å². The van der Waals surface area contributed by atoms with Gasteiger partial charge in [0, 0.05) is 18.7 Å². The Hall–Kier alpha value is -1.97. The number of guanidine groups is 1. The summed E-state index contributed by atoms with van der Waals surface area (Å²) in [4.78, 5) is 4.58. The SMILES string of the molecule is C=CCNC(=NCc1c(O)ccc2c1CCCC2)NCC. The van der Waals surface area contributed by atoms with Gasteiger partial charge in [0.05, 0.1) is 6.54 Å². The van der Waals surface area contributed by atoms with Crippen LogP contribution in [0, 0.1) is 0 Å². The number of phenols is 1. The van der Waals surface area contributed by atoms with Gasteiger partial charge in [0.25, 0.3) is 0 Å². The van der Waals surface area contributed by atoms with Crippen molar-refractivity contribution in [1.29, 1.82) is 0 Å². The van der Waals surface area contributed by atoms with E-state index in [4.69, 9.17) is 0 Å². The number of nitrogens with one attached hydrogen (secondary N) is 2. The van der Waals surface area contributed by atoms with Crippen molar-refractivity contribution in [2.75, 3.05) is 13.1 Å². The molecule has 4 nitrogen and oxygen atoms in total. The molecule has 21 heavy (non-hydrogen) atoms. The molecule has 0 unspecified atom stereocenters. The van der Waals surface area contributed by atoms with Crippen LogP contribution in [0.25, 0.3) is 0 Å². The number of aryl methyl sites for hydroxylation is 1. The lowest BCUT2D eigenvalue weighted by atomic mass is 9.88. The summed E-state index contributed by atoms with van der Waals surface area (Å²) in [7, 11) is 0. The van der Waals surface area contributed by atoms with E-state index in [-0.39, 0.29) is 0 Å². The molecule has 0 amide bonds. The molecular formula is C17H25N3O. The Kier molecular flexibility index (Phi) is 5.67. The van der Waals surface area contributed by atoms with Crippen molar-refractivity contribution in [2.24, 2.45) is 4.99 Å². The number of phenolic OH excluding ortho intramolecular Hbond substituents is 1. The Morgan fingerprint density at radius 3 is 2.90 bits per heavy atom. The lowest BCUT2D eigenvalue weighted by Gasteiger charge is -2.20. The summed E-state index contributed by atoms with van der Waals surface area (Å²) in [5.74, 6) is 1.11. The Balaban J connectivity index is 2.19. The second-order valence-corrected chi connectivity index (χ2v) is 5.27. The molecule has 0 fully saturated rings. The zero-order chi connectivity index (χ0) is 15.1. The number of fused-ring (bicyclic) bond motifs is 1. The second kappa shape index (κ2) is 7.72. The van der Waals surface area contributed by atoms with E-state index < -0.39 is 0 Å². The molecule has 0 aromatic heterocycles. The van der Waals surface area contributed by atoms with Crippen LogP contribution in [0.5, 0.6) is 5.75 Å². The van der Waals surface area contributed by atoms with E-state index in [1.54, 1.807) is 12.1 Å². The summed E-state index contributed by atoms with van der Waals surface area (Å²) in [6.07, 6.45) is 6.40. The highest BCUT2D eigenvalue weighted by Gasteiger charge is 2.16. The molecule has 0 atom stereocenters. The number of hydrogen-bond donors (Lipinski definition) is 3. The largest absolute Gasteiger partial charge is 0.508 e. The van der Waals surface area contributed by atoms with Crippen molar-refractivity contribution in [3.05, 3.63) is 41.5 Å². The van der Waals surface area contributed by atoms with Crippen molar-refractivity contribution in [3.63, 3.8) is 0 Å². The van der Waals surface area contributed by atoms with Crippen LogP contribution in [0.15, 0.2) is 29.8 Å². The first kappa shape index (κ1) is 15.4. The summed E-state index contributed by atoms with van der Waals surface area (Å²) in [5.41, 5.74) is 3.64. The van der Waals surface area contributed by atoms with Crippen LogP contribution in [0.4, 0.5) is 0 Å². The van der Waals surface area contributed by atoms with E-state index in [2.05, 4.69) is 28.3 Å². The molecule has 0 aliphatic heterocycles. The highest BCUT2D eigenvalue weighted by atomic mass is 16.3. The van der Waals surface area contributed by atoms with E-state index in [0.717, 1.165) is 30.9 Å². The highest BCUT2D eigenvalue weighted by Crippen LogP contribution is 2.30. The lowest BCUT2D eigenvalue weighted by Crippen LogP contribution is -2.37. The number of nitrogens with zero attached hydrogens (tertiary/aromatic N) is 1. The number of rotatable bonds is 5. The van der Waals surface area contributed by atoms with Gasteiger partial charge in [0.1, 0.15) is 5.75 Å². The predicted molar refractivity (Wildman–Crippen MR) is 87.8 cm³/mol. The van der Waals surface area contributed by atoms with Crippen LogP contribution >= 0.6 is 0 Å². The minimum absolute atomic E-state index is 0.360. The Morgan fingerprint density at radius 2 is 2.14 bits per heavy atom. The molecule has 0 bridgehead atoms. The van der Waals surface area contributed by atoms with E-state index in [9.17, 15) is 5.11 Å². The Bertz CT molecular complexity index is 523. The van der Waals surface area contributed by atoms with E-state index >= 15 is 0 Å². The molecule has 0 saturated heterocycles. The van der Waals surface area contributed by atoms with Gasteiger partial charge in [-0.1, -0.05) is 12.1 Å². The molecule has 2 rings (SSSR count). The van der Waals surface area contributed by atoms with Crippen LogP contribution in [0.2, 0.25) is 0 Å². The molecule has 4 heteroatoms. The van der Waals surface area contributed by atoms with E-state index in [1.165, 1.54) is 24.0 Å². The van der Waals surface area contributed by atoms with Gasteiger partial charge in [-0.25, -0.2) is 4.99 Å². The summed E-state index contributed by atoms with van der Waals surface area (Å²) in [6, 6.07) is 3.86.